The molecule has 100 valence electrons. The summed E-state index contributed by atoms with van der Waals surface area (Å²) in [6.07, 6.45) is 13.5. The first-order chi connectivity index (χ1) is 8.02. The van der Waals surface area contributed by atoms with Gasteiger partial charge in [0.25, 0.3) is 0 Å². The summed E-state index contributed by atoms with van der Waals surface area (Å²) in [7, 11) is 0.238. The fraction of sp³-hybridized carbons (Fsp3) is 0.875. The van der Waals surface area contributed by atoms with Gasteiger partial charge in [-0.25, -0.2) is 0 Å². The van der Waals surface area contributed by atoms with E-state index in [2.05, 4.69) is 46.3 Å². The Labute approximate surface area is 110 Å². The van der Waals surface area contributed by atoms with Crippen molar-refractivity contribution in [3.63, 3.8) is 0 Å². The standard InChI is InChI=1S/C16H31P/c1-6-10-16(11-8-12-16)15(3)14(2)9-7-13-17(4)5/h7,9,14-15H,6,8,10-13H2,1-5H3/b9-7-. The van der Waals surface area contributed by atoms with Gasteiger partial charge in [0, 0.05) is 0 Å². The van der Waals surface area contributed by atoms with E-state index in [4.69, 9.17) is 0 Å². The second kappa shape index (κ2) is 6.93. The molecule has 2 atom stereocenters. The maximum atomic E-state index is 2.49. The molecule has 0 aliphatic heterocycles. The smallest absolute Gasteiger partial charge is 0.0150 e. The van der Waals surface area contributed by atoms with Gasteiger partial charge >= 0.3 is 0 Å². The Morgan fingerprint density at radius 3 is 2.29 bits per heavy atom. The monoisotopic (exact) mass is 254 g/mol. The van der Waals surface area contributed by atoms with E-state index in [-0.39, 0.29) is 7.92 Å². The summed E-state index contributed by atoms with van der Waals surface area (Å²) in [4.78, 5) is 0. The Bertz CT molecular complexity index is 238. The molecule has 0 spiro atoms. The predicted molar refractivity (Wildman–Crippen MR) is 82.3 cm³/mol. The largest absolute Gasteiger partial charge is 0.109 e. The van der Waals surface area contributed by atoms with Crippen LogP contribution in [0.3, 0.4) is 0 Å². The van der Waals surface area contributed by atoms with Gasteiger partial charge in [-0.15, -0.1) is 7.92 Å². The SMILES string of the molecule is CCCC1(C(C)C(C)/C=C\CP(C)C)CCC1. The highest BCUT2D eigenvalue weighted by Gasteiger charge is 2.42. The molecule has 1 saturated carbocycles. The highest BCUT2D eigenvalue weighted by atomic mass is 31.1. The minimum atomic E-state index is 0.238. The Kier molecular flexibility index (Phi) is 6.21. The maximum absolute atomic E-state index is 2.49. The zero-order valence-corrected chi connectivity index (χ0v) is 13.4. The van der Waals surface area contributed by atoms with E-state index in [0.717, 1.165) is 11.8 Å². The lowest BCUT2D eigenvalue weighted by molar-refractivity contribution is 0.0280. The number of hydrogen-bond acceptors (Lipinski definition) is 0. The summed E-state index contributed by atoms with van der Waals surface area (Å²) in [5, 5.41) is 0. The lowest BCUT2D eigenvalue weighted by Gasteiger charge is -2.49. The summed E-state index contributed by atoms with van der Waals surface area (Å²) in [6.45, 7) is 12.0. The first-order valence-corrected chi connectivity index (χ1v) is 9.75. The molecule has 0 aromatic carbocycles. The molecule has 1 aliphatic rings. The fourth-order valence-corrected chi connectivity index (χ4v) is 3.82. The van der Waals surface area contributed by atoms with Crippen molar-refractivity contribution >= 4 is 7.92 Å². The molecule has 2 unspecified atom stereocenters. The molecule has 0 radical (unpaired) electrons. The second-order valence-electron chi connectivity index (χ2n) is 6.30. The van der Waals surface area contributed by atoms with Crippen molar-refractivity contribution < 1.29 is 0 Å². The van der Waals surface area contributed by atoms with Crippen molar-refractivity contribution in [2.75, 3.05) is 19.5 Å². The van der Waals surface area contributed by atoms with Crippen LogP contribution in [0.1, 0.15) is 52.9 Å². The molecular weight excluding hydrogens is 223 g/mol. The lowest BCUT2D eigenvalue weighted by Crippen LogP contribution is -2.38. The van der Waals surface area contributed by atoms with Crippen LogP contribution in [0.2, 0.25) is 0 Å². The van der Waals surface area contributed by atoms with Crippen molar-refractivity contribution in [3.8, 4) is 0 Å². The van der Waals surface area contributed by atoms with Crippen molar-refractivity contribution in [2.45, 2.75) is 52.9 Å². The summed E-state index contributed by atoms with van der Waals surface area (Å²) in [5.41, 5.74) is 0.696. The van der Waals surface area contributed by atoms with Crippen LogP contribution in [0.5, 0.6) is 0 Å². The third-order valence-corrected chi connectivity index (χ3v) is 5.70. The van der Waals surface area contributed by atoms with Crippen LogP contribution < -0.4 is 0 Å². The van der Waals surface area contributed by atoms with Gasteiger partial charge in [0.05, 0.1) is 0 Å². The van der Waals surface area contributed by atoms with E-state index in [0.29, 0.717) is 5.41 Å². The van der Waals surface area contributed by atoms with Gasteiger partial charge in [-0.1, -0.05) is 45.8 Å². The average molecular weight is 254 g/mol. The van der Waals surface area contributed by atoms with E-state index in [1.165, 1.54) is 38.3 Å². The van der Waals surface area contributed by atoms with Crippen LogP contribution in [0.4, 0.5) is 0 Å². The molecule has 0 heterocycles. The molecule has 17 heavy (non-hydrogen) atoms. The van der Waals surface area contributed by atoms with Gasteiger partial charge in [-0.3, -0.25) is 0 Å². The number of rotatable bonds is 7. The van der Waals surface area contributed by atoms with Crippen LogP contribution in [-0.4, -0.2) is 19.5 Å². The summed E-state index contributed by atoms with van der Waals surface area (Å²) < 4.78 is 0. The van der Waals surface area contributed by atoms with Crippen molar-refractivity contribution in [1.82, 2.24) is 0 Å². The third-order valence-electron chi connectivity index (χ3n) is 4.76. The molecule has 1 heteroatoms. The minimum absolute atomic E-state index is 0.238. The molecule has 0 nitrogen and oxygen atoms in total. The van der Waals surface area contributed by atoms with E-state index >= 15 is 0 Å². The van der Waals surface area contributed by atoms with Crippen molar-refractivity contribution in [1.29, 1.82) is 0 Å². The first kappa shape index (κ1) is 15.2. The van der Waals surface area contributed by atoms with E-state index in [1.54, 1.807) is 0 Å². The molecule has 0 bridgehead atoms. The topological polar surface area (TPSA) is 0 Å². The normalized spacial score (nSPS) is 22.7. The van der Waals surface area contributed by atoms with Crippen LogP contribution >= 0.6 is 7.92 Å². The van der Waals surface area contributed by atoms with Crippen LogP contribution in [0.25, 0.3) is 0 Å². The van der Waals surface area contributed by atoms with E-state index < -0.39 is 0 Å². The zero-order chi connectivity index (χ0) is 12.9. The second-order valence-corrected chi connectivity index (χ2v) is 8.83. The van der Waals surface area contributed by atoms with Crippen molar-refractivity contribution in [3.05, 3.63) is 12.2 Å². The van der Waals surface area contributed by atoms with E-state index in [1.807, 2.05) is 0 Å². The average Bonchev–Trinajstić information content (AvgIpc) is 2.21. The minimum Gasteiger partial charge on any atom is -0.109 e. The Balaban J connectivity index is 2.49. The molecule has 0 aromatic heterocycles. The summed E-state index contributed by atoms with van der Waals surface area (Å²) in [5.74, 6) is 1.63. The molecule has 0 amide bonds. The highest BCUT2D eigenvalue weighted by Crippen LogP contribution is 2.53. The lowest BCUT2D eigenvalue weighted by atomic mass is 9.56. The fourth-order valence-electron chi connectivity index (χ4n) is 3.27. The third kappa shape index (κ3) is 4.09. The first-order valence-electron chi connectivity index (χ1n) is 7.33. The molecule has 0 aromatic rings. The van der Waals surface area contributed by atoms with Crippen LogP contribution in [0.15, 0.2) is 12.2 Å². The summed E-state index contributed by atoms with van der Waals surface area (Å²) >= 11 is 0. The Morgan fingerprint density at radius 1 is 1.24 bits per heavy atom. The maximum Gasteiger partial charge on any atom is -0.0150 e. The van der Waals surface area contributed by atoms with Gasteiger partial charge in [0.1, 0.15) is 0 Å². The molecule has 1 fully saturated rings. The molecule has 0 saturated heterocycles. The van der Waals surface area contributed by atoms with Gasteiger partial charge < -0.3 is 0 Å². The van der Waals surface area contributed by atoms with Gasteiger partial charge in [-0.2, -0.15) is 0 Å². The zero-order valence-electron chi connectivity index (χ0n) is 12.5. The van der Waals surface area contributed by atoms with Gasteiger partial charge in [0.15, 0.2) is 0 Å². The van der Waals surface area contributed by atoms with Crippen LogP contribution in [0, 0.1) is 17.3 Å². The number of allylic oxidation sites excluding steroid dienone is 2. The van der Waals surface area contributed by atoms with E-state index in [9.17, 15) is 0 Å². The molecular formula is C16H31P. The number of hydrogen-bond donors (Lipinski definition) is 0. The Morgan fingerprint density at radius 2 is 1.88 bits per heavy atom. The molecule has 1 aliphatic carbocycles. The molecule has 1 rings (SSSR count). The molecule has 0 N–H and O–H groups in total. The summed E-state index contributed by atoms with van der Waals surface area (Å²) in [6, 6.07) is 0. The highest BCUT2D eigenvalue weighted by molar-refractivity contribution is 7.56. The van der Waals surface area contributed by atoms with Crippen molar-refractivity contribution in [2.24, 2.45) is 17.3 Å². The van der Waals surface area contributed by atoms with Gasteiger partial charge in [-0.05, 0) is 56.0 Å². The Hall–Kier alpha value is 0.170. The van der Waals surface area contributed by atoms with Gasteiger partial charge in [0.2, 0.25) is 0 Å². The van der Waals surface area contributed by atoms with Crippen LogP contribution in [-0.2, 0) is 0 Å². The predicted octanol–water partition coefficient (Wildman–Crippen LogP) is 5.53. The quantitative estimate of drug-likeness (QED) is 0.414.